The van der Waals surface area contributed by atoms with E-state index in [1.165, 1.54) is 0 Å². The van der Waals surface area contributed by atoms with Gasteiger partial charge in [-0.05, 0) is 37.1 Å². The summed E-state index contributed by atoms with van der Waals surface area (Å²) >= 11 is 0. The molecule has 0 fully saturated rings. The van der Waals surface area contributed by atoms with Crippen molar-refractivity contribution in [3.8, 4) is 0 Å². The average Bonchev–Trinajstić information content (AvgIpc) is 2.31. The molecule has 0 unspecified atom stereocenters. The van der Waals surface area contributed by atoms with Crippen LogP contribution in [0.5, 0.6) is 0 Å². The van der Waals surface area contributed by atoms with Crippen LogP contribution in [-0.4, -0.2) is 11.8 Å². The lowest BCUT2D eigenvalue weighted by atomic mass is 10.0. The van der Waals surface area contributed by atoms with Gasteiger partial charge in [-0.2, -0.15) is 0 Å². The molecule has 4 nitrogen and oxygen atoms in total. The van der Waals surface area contributed by atoms with Crippen LogP contribution >= 0.6 is 0 Å². The smallest absolute Gasteiger partial charge is 0.248 e. The molecule has 0 heterocycles. The zero-order valence-electron chi connectivity index (χ0n) is 10.2. The second-order valence-electron chi connectivity index (χ2n) is 3.94. The van der Waals surface area contributed by atoms with Crippen LogP contribution in [0, 0.1) is 5.92 Å². The van der Waals surface area contributed by atoms with Crippen LogP contribution in [0.1, 0.15) is 37.0 Å². The average molecular weight is 234 g/mol. The maximum Gasteiger partial charge on any atom is 0.248 e. The lowest BCUT2D eigenvalue weighted by molar-refractivity contribution is -0.120. The molecule has 92 valence electrons. The summed E-state index contributed by atoms with van der Waals surface area (Å²) in [7, 11) is 0. The van der Waals surface area contributed by atoms with Crippen molar-refractivity contribution in [2.75, 3.05) is 5.32 Å². The van der Waals surface area contributed by atoms with Gasteiger partial charge in [0, 0.05) is 17.2 Å². The largest absolute Gasteiger partial charge is 0.366 e. The summed E-state index contributed by atoms with van der Waals surface area (Å²) < 4.78 is 0. The summed E-state index contributed by atoms with van der Waals surface area (Å²) in [4.78, 5) is 22.7. The van der Waals surface area contributed by atoms with E-state index < -0.39 is 5.91 Å². The number of benzene rings is 1. The van der Waals surface area contributed by atoms with Gasteiger partial charge in [-0.1, -0.05) is 13.8 Å². The van der Waals surface area contributed by atoms with E-state index in [4.69, 9.17) is 5.73 Å². The van der Waals surface area contributed by atoms with Crippen molar-refractivity contribution >= 4 is 17.5 Å². The molecule has 17 heavy (non-hydrogen) atoms. The van der Waals surface area contributed by atoms with Crippen LogP contribution in [0.4, 0.5) is 5.69 Å². The highest BCUT2D eigenvalue weighted by Gasteiger charge is 2.13. The summed E-state index contributed by atoms with van der Waals surface area (Å²) in [6, 6.07) is 6.57. The molecule has 1 aromatic rings. The third-order valence-corrected chi connectivity index (χ3v) is 2.79. The van der Waals surface area contributed by atoms with Crippen LogP contribution in [0.3, 0.4) is 0 Å². The third-order valence-electron chi connectivity index (χ3n) is 2.79. The molecular formula is C13H18N2O2. The van der Waals surface area contributed by atoms with E-state index >= 15 is 0 Å². The van der Waals surface area contributed by atoms with Gasteiger partial charge < -0.3 is 11.1 Å². The van der Waals surface area contributed by atoms with Gasteiger partial charge in [0.15, 0.2) is 0 Å². The van der Waals surface area contributed by atoms with E-state index in [0.717, 1.165) is 12.8 Å². The predicted molar refractivity (Wildman–Crippen MR) is 67.7 cm³/mol. The summed E-state index contributed by atoms with van der Waals surface area (Å²) in [6.07, 6.45) is 1.64. The minimum absolute atomic E-state index is 0.0156. The number of amides is 2. The van der Waals surface area contributed by atoms with Gasteiger partial charge in [-0.3, -0.25) is 9.59 Å². The Morgan fingerprint density at radius 2 is 1.71 bits per heavy atom. The molecule has 1 aromatic carbocycles. The normalized spacial score (nSPS) is 10.3. The highest BCUT2D eigenvalue weighted by Crippen LogP contribution is 2.14. The SMILES string of the molecule is CCC(CC)C(=O)Nc1ccc(C(N)=O)cc1. The first-order valence-corrected chi connectivity index (χ1v) is 5.79. The Bertz CT molecular complexity index is 394. The molecule has 0 aliphatic heterocycles. The number of anilines is 1. The molecule has 0 saturated carbocycles. The zero-order valence-corrected chi connectivity index (χ0v) is 10.2. The molecule has 0 aliphatic rings. The van der Waals surface area contributed by atoms with E-state index in [9.17, 15) is 9.59 Å². The molecule has 0 radical (unpaired) electrons. The molecular weight excluding hydrogens is 216 g/mol. The molecule has 0 bridgehead atoms. The molecule has 0 atom stereocenters. The minimum atomic E-state index is -0.470. The Hall–Kier alpha value is -1.84. The number of rotatable bonds is 5. The number of carbonyl (C=O) groups is 2. The lowest BCUT2D eigenvalue weighted by Crippen LogP contribution is -2.21. The third kappa shape index (κ3) is 3.59. The maximum absolute atomic E-state index is 11.8. The predicted octanol–water partition coefficient (Wildman–Crippen LogP) is 2.16. The molecule has 0 saturated heterocycles. The standard InChI is InChI=1S/C13H18N2O2/c1-3-9(4-2)13(17)15-11-7-5-10(6-8-11)12(14)16/h5-9H,3-4H2,1-2H3,(H2,14,16)(H,15,17). The zero-order chi connectivity index (χ0) is 12.8. The van der Waals surface area contributed by atoms with Gasteiger partial charge in [-0.15, -0.1) is 0 Å². The molecule has 3 N–H and O–H groups in total. The Morgan fingerprint density at radius 1 is 1.18 bits per heavy atom. The summed E-state index contributed by atoms with van der Waals surface area (Å²) in [5.74, 6) is -0.421. The van der Waals surface area contributed by atoms with Crippen LogP contribution in [0.25, 0.3) is 0 Å². The van der Waals surface area contributed by atoms with E-state index in [1.807, 2.05) is 13.8 Å². The first-order chi connectivity index (χ1) is 8.08. The Morgan fingerprint density at radius 3 is 2.12 bits per heavy atom. The molecule has 2 amide bonds. The maximum atomic E-state index is 11.8. The van der Waals surface area contributed by atoms with Crippen molar-refractivity contribution in [1.29, 1.82) is 0 Å². The summed E-state index contributed by atoms with van der Waals surface area (Å²) in [5.41, 5.74) is 6.25. The molecule has 4 heteroatoms. The van der Waals surface area contributed by atoms with E-state index in [1.54, 1.807) is 24.3 Å². The lowest BCUT2D eigenvalue weighted by Gasteiger charge is -2.12. The highest BCUT2D eigenvalue weighted by molar-refractivity contribution is 5.95. The fourth-order valence-electron chi connectivity index (χ4n) is 1.62. The van der Waals surface area contributed by atoms with Crippen molar-refractivity contribution in [2.45, 2.75) is 26.7 Å². The van der Waals surface area contributed by atoms with E-state index in [-0.39, 0.29) is 11.8 Å². The molecule has 0 aromatic heterocycles. The molecule has 0 spiro atoms. The first kappa shape index (κ1) is 13.2. The second kappa shape index (κ2) is 6.03. The van der Waals surface area contributed by atoms with Gasteiger partial charge in [0.05, 0.1) is 0 Å². The second-order valence-corrected chi connectivity index (χ2v) is 3.94. The molecule has 1 rings (SSSR count). The Labute approximate surface area is 101 Å². The number of hydrogen-bond donors (Lipinski definition) is 2. The fourth-order valence-corrected chi connectivity index (χ4v) is 1.62. The Balaban J connectivity index is 2.69. The van der Waals surface area contributed by atoms with Crippen molar-refractivity contribution in [3.05, 3.63) is 29.8 Å². The van der Waals surface area contributed by atoms with Gasteiger partial charge in [0.2, 0.25) is 11.8 Å². The number of hydrogen-bond acceptors (Lipinski definition) is 2. The number of carbonyl (C=O) groups excluding carboxylic acids is 2. The van der Waals surface area contributed by atoms with Crippen molar-refractivity contribution in [1.82, 2.24) is 0 Å². The number of nitrogens with two attached hydrogens (primary N) is 1. The first-order valence-electron chi connectivity index (χ1n) is 5.79. The van der Waals surface area contributed by atoms with Gasteiger partial charge in [0.1, 0.15) is 0 Å². The topological polar surface area (TPSA) is 72.2 Å². The van der Waals surface area contributed by atoms with E-state index in [0.29, 0.717) is 11.3 Å². The van der Waals surface area contributed by atoms with Crippen LogP contribution in [0.2, 0.25) is 0 Å². The quantitative estimate of drug-likeness (QED) is 0.819. The van der Waals surface area contributed by atoms with Crippen LogP contribution < -0.4 is 11.1 Å². The van der Waals surface area contributed by atoms with Gasteiger partial charge >= 0.3 is 0 Å². The highest BCUT2D eigenvalue weighted by atomic mass is 16.2. The number of nitrogens with one attached hydrogen (secondary N) is 1. The minimum Gasteiger partial charge on any atom is -0.366 e. The number of primary amides is 1. The van der Waals surface area contributed by atoms with Crippen LogP contribution in [0.15, 0.2) is 24.3 Å². The van der Waals surface area contributed by atoms with E-state index in [2.05, 4.69) is 5.32 Å². The molecule has 0 aliphatic carbocycles. The fraction of sp³-hybridized carbons (Fsp3) is 0.385. The Kier molecular flexibility index (Phi) is 4.69. The van der Waals surface area contributed by atoms with Gasteiger partial charge in [-0.25, -0.2) is 0 Å². The van der Waals surface area contributed by atoms with Crippen molar-refractivity contribution in [3.63, 3.8) is 0 Å². The summed E-state index contributed by atoms with van der Waals surface area (Å²) in [6.45, 7) is 3.98. The van der Waals surface area contributed by atoms with Gasteiger partial charge in [0.25, 0.3) is 0 Å². The van der Waals surface area contributed by atoms with Crippen molar-refractivity contribution in [2.24, 2.45) is 11.7 Å². The van der Waals surface area contributed by atoms with Crippen molar-refractivity contribution < 1.29 is 9.59 Å². The monoisotopic (exact) mass is 234 g/mol. The van der Waals surface area contributed by atoms with Crippen LogP contribution in [-0.2, 0) is 4.79 Å². The summed E-state index contributed by atoms with van der Waals surface area (Å²) in [5, 5.41) is 2.82.